The minimum Gasteiger partial charge on any atom is -0.496 e. The van der Waals surface area contributed by atoms with Crippen molar-refractivity contribution in [3.63, 3.8) is 0 Å². The Bertz CT molecular complexity index is 1590. The van der Waals surface area contributed by atoms with Gasteiger partial charge in [0.25, 0.3) is 15.9 Å². The van der Waals surface area contributed by atoms with Crippen molar-refractivity contribution in [3.8, 4) is 5.75 Å². The second-order valence-corrected chi connectivity index (χ2v) is 10.8. The summed E-state index contributed by atoms with van der Waals surface area (Å²) in [6.45, 7) is 0.304. The molecule has 0 radical (unpaired) electrons. The standard InChI is InChI=1S/C28H27N3O6S/c1-36-26-16-19(27(32)30-38(34,35)24-9-3-2-4-10-24)11-14-22(26)18-31-25-15-20(12-13-21(25)17-29-31)28(33)37-23-7-5-6-8-23/h2-4,9-17,23H,5-8,18H2,1H3,(H,30,32). The van der Waals surface area contributed by atoms with Crippen LogP contribution in [0.5, 0.6) is 5.75 Å². The average Bonchev–Trinajstić information content (AvgIpc) is 3.59. The molecule has 1 aliphatic rings. The topological polar surface area (TPSA) is 117 Å². The van der Waals surface area contributed by atoms with E-state index in [4.69, 9.17) is 9.47 Å². The molecule has 0 aliphatic heterocycles. The van der Waals surface area contributed by atoms with Crippen LogP contribution < -0.4 is 9.46 Å². The van der Waals surface area contributed by atoms with E-state index in [-0.39, 0.29) is 22.5 Å². The lowest BCUT2D eigenvalue weighted by Gasteiger charge is -2.13. The van der Waals surface area contributed by atoms with Gasteiger partial charge in [-0.05, 0) is 62.1 Å². The first-order valence-corrected chi connectivity index (χ1v) is 13.8. The highest BCUT2D eigenvalue weighted by molar-refractivity contribution is 7.90. The number of carbonyl (C=O) groups is 2. The summed E-state index contributed by atoms with van der Waals surface area (Å²) in [7, 11) is -2.54. The van der Waals surface area contributed by atoms with Crippen LogP contribution in [-0.2, 0) is 21.3 Å². The molecule has 0 spiro atoms. The van der Waals surface area contributed by atoms with E-state index >= 15 is 0 Å². The van der Waals surface area contributed by atoms with Crippen molar-refractivity contribution in [1.82, 2.24) is 14.5 Å². The van der Waals surface area contributed by atoms with E-state index in [0.717, 1.165) is 42.1 Å². The van der Waals surface area contributed by atoms with E-state index in [2.05, 4.69) is 9.82 Å². The van der Waals surface area contributed by atoms with Crippen LogP contribution in [-0.4, -0.2) is 43.3 Å². The van der Waals surface area contributed by atoms with Gasteiger partial charge in [-0.1, -0.05) is 30.3 Å². The first-order chi connectivity index (χ1) is 18.3. The Morgan fingerprint density at radius 1 is 1.00 bits per heavy atom. The zero-order valence-corrected chi connectivity index (χ0v) is 21.6. The van der Waals surface area contributed by atoms with Gasteiger partial charge in [0.05, 0.1) is 35.8 Å². The van der Waals surface area contributed by atoms with Gasteiger partial charge in [-0.2, -0.15) is 5.10 Å². The third-order valence-electron chi connectivity index (χ3n) is 6.61. The number of benzene rings is 3. The first-order valence-electron chi connectivity index (χ1n) is 12.3. The Hall–Kier alpha value is -4.18. The lowest BCUT2D eigenvalue weighted by molar-refractivity contribution is 0.0318. The van der Waals surface area contributed by atoms with E-state index in [0.29, 0.717) is 17.9 Å². The second kappa shape index (κ2) is 10.7. The number of rotatable bonds is 8. The van der Waals surface area contributed by atoms with Crippen LogP contribution >= 0.6 is 0 Å². The lowest BCUT2D eigenvalue weighted by Crippen LogP contribution is -2.30. The average molecular weight is 534 g/mol. The van der Waals surface area contributed by atoms with E-state index in [1.165, 1.54) is 31.4 Å². The summed E-state index contributed by atoms with van der Waals surface area (Å²) in [6.07, 6.45) is 5.65. The van der Waals surface area contributed by atoms with Crippen LogP contribution in [0.1, 0.15) is 52.0 Å². The van der Waals surface area contributed by atoms with E-state index in [1.54, 1.807) is 47.3 Å². The summed E-state index contributed by atoms with van der Waals surface area (Å²) < 4.78 is 40.0. The molecule has 1 fully saturated rings. The van der Waals surface area contributed by atoms with E-state index < -0.39 is 15.9 Å². The minimum atomic E-state index is -4.01. The number of aromatic nitrogens is 2. The highest BCUT2D eigenvalue weighted by Crippen LogP contribution is 2.26. The SMILES string of the molecule is COc1cc(C(=O)NS(=O)(=O)c2ccccc2)ccc1Cn1ncc2ccc(C(=O)OC3CCCC3)cc21. The molecule has 0 unspecified atom stereocenters. The molecule has 0 atom stereocenters. The predicted octanol–water partition coefficient (Wildman–Crippen LogP) is 4.31. The molecule has 1 saturated carbocycles. The number of esters is 1. The molecular formula is C28H27N3O6S. The molecule has 3 aromatic carbocycles. The normalized spacial score (nSPS) is 13.9. The van der Waals surface area contributed by atoms with Gasteiger partial charge >= 0.3 is 5.97 Å². The quantitative estimate of drug-likeness (QED) is 0.336. The van der Waals surface area contributed by atoms with Crippen LogP contribution in [0.3, 0.4) is 0 Å². The molecule has 9 nitrogen and oxygen atoms in total. The van der Waals surface area contributed by atoms with Crippen LogP contribution in [0.2, 0.25) is 0 Å². The fourth-order valence-electron chi connectivity index (χ4n) is 4.57. The summed E-state index contributed by atoms with van der Waals surface area (Å²) in [5.74, 6) is -0.714. The fraction of sp³-hybridized carbons (Fsp3) is 0.250. The van der Waals surface area contributed by atoms with Crippen molar-refractivity contribution in [2.45, 2.75) is 43.2 Å². The molecule has 38 heavy (non-hydrogen) atoms. The zero-order chi connectivity index (χ0) is 26.7. The fourth-order valence-corrected chi connectivity index (χ4v) is 5.56. The number of sulfonamides is 1. The molecule has 1 N–H and O–H groups in total. The molecule has 1 amide bonds. The molecule has 10 heteroatoms. The Balaban J connectivity index is 1.35. The Labute approximate surface area is 220 Å². The summed E-state index contributed by atoms with van der Waals surface area (Å²) >= 11 is 0. The third kappa shape index (κ3) is 5.40. The van der Waals surface area contributed by atoms with Crippen molar-refractivity contribution in [2.24, 2.45) is 0 Å². The molecule has 1 heterocycles. The van der Waals surface area contributed by atoms with Crippen molar-refractivity contribution in [3.05, 3.63) is 89.6 Å². The van der Waals surface area contributed by atoms with Gasteiger partial charge in [-0.3, -0.25) is 9.48 Å². The molecule has 5 rings (SSSR count). The maximum atomic E-state index is 12.7. The number of fused-ring (bicyclic) bond motifs is 1. The summed E-state index contributed by atoms with van der Waals surface area (Å²) in [5.41, 5.74) is 2.07. The smallest absolute Gasteiger partial charge is 0.338 e. The van der Waals surface area contributed by atoms with E-state index in [9.17, 15) is 18.0 Å². The summed E-state index contributed by atoms with van der Waals surface area (Å²) in [4.78, 5) is 25.4. The Morgan fingerprint density at radius 2 is 1.74 bits per heavy atom. The Morgan fingerprint density at radius 3 is 2.47 bits per heavy atom. The van der Waals surface area contributed by atoms with Crippen molar-refractivity contribution < 1.29 is 27.5 Å². The molecule has 196 valence electrons. The lowest BCUT2D eigenvalue weighted by atomic mass is 10.1. The number of nitrogens with zero attached hydrogens (tertiary/aromatic N) is 2. The molecule has 0 saturated heterocycles. The van der Waals surface area contributed by atoms with Crippen LogP contribution in [0.15, 0.2) is 77.8 Å². The number of ether oxygens (including phenoxy) is 2. The highest BCUT2D eigenvalue weighted by Gasteiger charge is 2.22. The number of carbonyl (C=O) groups excluding carboxylic acids is 2. The predicted molar refractivity (Wildman–Crippen MR) is 141 cm³/mol. The summed E-state index contributed by atoms with van der Waals surface area (Å²) in [5, 5.41) is 5.32. The van der Waals surface area contributed by atoms with Crippen molar-refractivity contribution in [1.29, 1.82) is 0 Å². The second-order valence-electron chi connectivity index (χ2n) is 9.16. The molecule has 0 bridgehead atoms. The molecule has 1 aliphatic carbocycles. The summed E-state index contributed by atoms with van der Waals surface area (Å²) in [6, 6.07) is 17.7. The van der Waals surface area contributed by atoms with Gasteiger partial charge in [0.15, 0.2) is 0 Å². The maximum Gasteiger partial charge on any atom is 0.338 e. The Kier molecular flexibility index (Phi) is 7.15. The van der Waals surface area contributed by atoms with Gasteiger partial charge in [-0.25, -0.2) is 17.9 Å². The molecule has 1 aromatic heterocycles. The van der Waals surface area contributed by atoms with Gasteiger partial charge < -0.3 is 9.47 Å². The number of amides is 1. The minimum absolute atomic E-state index is 0.00557. The monoisotopic (exact) mass is 533 g/mol. The van der Waals surface area contributed by atoms with Gasteiger partial charge in [-0.15, -0.1) is 0 Å². The largest absolute Gasteiger partial charge is 0.496 e. The van der Waals surface area contributed by atoms with E-state index in [1.807, 2.05) is 6.07 Å². The number of hydrogen-bond donors (Lipinski definition) is 1. The van der Waals surface area contributed by atoms with Gasteiger partial charge in [0.1, 0.15) is 11.9 Å². The van der Waals surface area contributed by atoms with Crippen LogP contribution in [0.4, 0.5) is 0 Å². The molecule has 4 aromatic rings. The third-order valence-corrected chi connectivity index (χ3v) is 7.95. The van der Waals surface area contributed by atoms with Gasteiger partial charge in [0, 0.05) is 16.5 Å². The highest BCUT2D eigenvalue weighted by atomic mass is 32.2. The number of hydrogen-bond acceptors (Lipinski definition) is 7. The van der Waals surface area contributed by atoms with Crippen molar-refractivity contribution >= 4 is 32.8 Å². The van der Waals surface area contributed by atoms with Crippen LogP contribution in [0, 0.1) is 0 Å². The van der Waals surface area contributed by atoms with Gasteiger partial charge in [0.2, 0.25) is 0 Å². The van der Waals surface area contributed by atoms with Crippen LogP contribution in [0.25, 0.3) is 10.9 Å². The number of methoxy groups -OCH3 is 1. The molecular weight excluding hydrogens is 506 g/mol. The number of nitrogens with one attached hydrogen (secondary N) is 1. The van der Waals surface area contributed by atoms with Crippen molar-refractivity contribution in [2.75, 3.05) is 7.11 Å². The zero-order valence-electron chi connectivity index (χ0n) is 20.8. The maximum absolute atomic E-state index is 12.7. The first kappa shape index (κ1) is 25.5.